The molecule has 0 fully saturated rings. The Hall–Kier alpha value is -2.64. The van der Waals surface area contributed by atoms with Gasteiger partial charge in [-0.2, -0.15) is 20.4 Å². The van der Waals surface area contributed by atoms with Crippen LogP contribution >= 0.6 is 0 Å². The molecule has 0 aliphatic rings. The molecule has 0 spiro atoms. The van der Waals surface area contributed by atoms with Crippen LogP contribution in [0.5, 0.6) is 0 Å². The van der Waals surface area contributed by atoms with E-state index in [1.807, 2.05) is 52.0 Å². The first-order chi connectivity index (χ1) is 11.6. The van der Waals surface area contributed by atoms with E-state index in [0.717, 1.165) is 22.8 Å². The zero-order chi connectivity index (χ0) is 17.6. The van der Waals surface area contributed by atoms with E-state index in [9.17, 15) is 0 Å². The molecule has 4 N–H and O–H groups in total. The Kier molecular flexibility index (Phi) is 12.3. The van der Waals surface area contributed by atoms with Crippen molar-refractivity contribution in [3.8, 4) is 0 Å². The molecule has 0 saturated heterocycles. The number of H-pyrrole nitrogens is 4. The van der Waals surface area contributed by atoms with Gasteiger partial charge in [-0.25, -0.2) is 0 Å². The van der Waals surface area contributed by atoms with Gasteiger partial charge >= 0.3 is 0 Å². The Morgan fingerprint density at radius 1 is 0.480 bits per heavy atom. The minimum Gasteiger partial charge on any atom is -0.285 e. The SMILES string of the molecule is Cc1cc[nH]n1.Cc1cc[nH]n1.Cc1cc[nH]n1.Cc1cc[nH]n1.[Cu]. The van der Waals surface area contributed by atoms with Gasteiger partial charge in [0, 0.05) is 41.9 Å². The Bertz CT molecular complexity index is 571. The molecule has 4 aromatic rings. The van der Waals surface area contributed by atoms with Gasteiger partial charge in [-0.3, -0.25) is 20.4 Å². The average Bonchev–Trinajstić information content (AvgIpc) is 3.31. The van der Waals surface area contributed by atoms with Crippen LogP contribution in [0.4, 0.5) is 0 Å². The molecule has 0 aromatic carbocycles. The van der Waals surface area contributed by atoms with Crippen molar-refractivity contribution in [2.45, 2.75) is 27.7 Å². The zero-order valence-corrected chi connectivity index (χ0v) is 15.7. The third kappa shape index (κ3) is 12.4. The molecule has 0 aliphatic carbocycles. The number of nitrogens with zero attached hydrogens (tertiary/aromatic N) is 4. The van der Waals surface area contributed by atoms with Crippen molar-refractivity contribution in [1.82, 2.24) is 40.8 Å². The topological polar surface area (TPSA) is 115 Å². The minimum atomic E-state index is 0. The van der Waals surface area contributed by atoms with Gasteiger partial charge in [0.1, 0.15) is 0 Å². The van der Waals surface area contributed by atoms with E-state index in [4.69, 9.17) is 0 Å². The van der Waals surface area contributed by atoms with Crippen molar-refractivity contribution in [1.29, 1.82) is 0 Å². The maximum atomic E-state index is 3.79. The largest absolute Gasteiger partial charge is 0.285 e. The van der Waals surface area contributed by atoms with Crippen molar-refractivity contribution in [3.63, 3.8) is 0 Å². The summed E-state index contributed by atoms with van der Waals surface area (Å²) in [5.41, 5.74) is 4.15. The van der Waals surface area contributed by atoms with E-state index in [1.54, 1.807) is 24.8 Å². The van der Waals surface area contributed by atoms with Crippen molar-refractivity contribution in [2.75, 3.05) is 0 Å². The van der Waals surface area contributed by atoms with Crippen LogP contribution in [0.1, 0.15) is 22.8 Å². The Labute approximate surface area is 157 Å². The van der Waals surface area contributed by atoms with Crippen LogP contribution in [0.15, 0.2) is 49.1 Å². The second-order valence-electron chi connectivity index (χ2n) is 4.86. The molecule has 0 unspecified atom stereocenters. The molecule has 25 heavy (non-hydrogen) atoms. The smallest absolute Gasteiger partial charge is 0.0591 e. The van der Waals surface area contributed by atoms with Crippen LogP contribution in [0.2, 0.25) is 0 Å². The second-order valence-corrected chi connectivity index (χ2v) is 4.86. The predicted molar refractivity (Wildman–Crippen MR) is 93.3 cm³/mol. The molecule has 1 radical (unpaired) electrons. The molecular formula is C16H24CuN8. The van der Waals surface area contributed by atoms with Crippen LogP contribution in [-0.4, -0.2) is 40.8 Å². The number of nitrogens with one attached hydrogen (secondary N) is 4. The number of rotatable bonds is 0. The maximum Gasteiger partial charge on any atom is 0.0591 e. The fourth-order valence-corrected chi connectivity index (χ4v) is 1.34. The van der Waals surface area contributed by atoms with Gasteiger partial charge in [-0.15, -0.1) is 0 Å². The normalized spacial score (nSPS) is 8.48. The maximum absolute atomic E-state index is 3.79. The number of aromatic nitrogens is 8. The first-order valence-electron chi connectivity index (χ1n) is 7.43. The molecule has 4 aromatic heterocycles. The van der Waals surface area contributed by atoms with Gasteiger partial charge in [0.05, 0.1) is 22.8 Å². The molecule has 0 aliphatic heterocycles. The summed E-state index contributed by atoms with van der Waals surface area (Å²) in [5.74, 6) is 0. The summed E-state index contributed by atoms with van der Waals surface area (Å²) < 4.78 is 0. The predicted octanol–water partition coefficient (Wildman–Crippen LogP) is 2.87. The monoisotopic (exact) mass is 391 g/mol. The Morgan fingerprint density at radius 2 is 0.680 bits per heavy atom. The summed E-state index contributed by atoms with van der Waals surface area (Å²) in [4.78, 5) is 0. The molecule has 0 saturated carbocycles. The van der Waals surface area contributed by atoms with E-state index in [0.29, 0.717) is 0 Å². The third-order valence-corrected chi connectivity index (χ3v) is 2.56. The van der Waals surface area contributed by atoms with Gasteiger partial charge in [-0.1, -0.05) is 0 Å². The van der Waals surface area contributed by atoms with Crippen LogP contribution < -0.4 is 0 Å². The Balaban J connectivity index is 0.000000303. The molecule has 0 amide bonds. The van der Waals surface area contributed by atoms with E-state index >= 15 is 0 Å². The molecule has 0 atom stereocenters. The molecule has 4 rings (SSSR count). The first kappa shape index (κ1) is 22.4. The van der Waals surface area contributed by atoms with Crippen LogP contribution in [0, 0.1) is 27.7 Å². The second kappa shape index (κ2) is 13.8. The van der Waals surface area contributed by atoms with E-state index in [2.05, 4.69) is 40.8 Å². The molecule has 9 heteroatoms. The molecule has 8 nitrogen and oxygen atoms in total. The number of aryl methyl sites for hydroxylation is 4. The first-order valence-corrected chi connectivity index (χ1v) is 7.43. The summed E-state index contributed by atoms with van der Waals surface area (Å²) in [5, 5.41) is 25.9. The molecule has 139 valence electrons. The molecule has 0 bridgehead atoms. The van der Waals surface area contributed by atoms with E-state index in [-0.39, 0.29) is 17.1 Å². The zero-order valence-electron chi connectivity index (χ0n) is 14.7. The number of hydrogen-bond donors (Lipinski definition) is 4. The van der Waals surface area contributed by atoms with Crippen LogP contribution in [0.3, 0.4) is 0 Å². The standard InChI is InChI=1S/4C4H6N2.Cu/c4*1-4-2-3-5-6-4;/h4*2-3H,1H3,(H,5,6);. The van der Waals surface area contributed by atoms with Crippen molar-refractivity contribution < 1.29 is 17.1 Å². The third-order valence-electron chi connectivity index (χ3n) is 2.56. The summed E-state index contributed by atoms with van der Waals surface area (Å²) >= 11 is 0. The number of hydrogen-bond acceptors (Lipinski definition) is 4. The summed E-state index contributed by atoms with van der Waals surface area (Å²) in [6.07, 6.45) is 7.20. The van der Waals surface area contributed by atoms with Gasteiger partial charge in [0.25, 0.3) is 0 Å². The van der Waals surface area contributed by atoms with Crippen molar-refractivity contribution >= 4 is 0 Å². The fourth-order valence-electron chi connectivity index (χ4n) is 1.34. The van der Waals surface area contributed by atoms with Crippen molar-refractivity contribution in [3.05, 3.63) is 71.8 Å². The van der Waals surface area contributed by atoms with Gasteiger partial charge in [0.2, 0.25) is 0 Å². The van der Waals surface area contributed by atoms with Crippen molar-refractivity contribution in [2.24, 2.45) is 0 Å². The van der Waals surface area contributed by atoms with E-state index < -0.39 is 0 Å². The summed E-state index contributed by atoms with van der Waals surface area (Å²) in [6, 6.07) is 7.67. The average molecular weight is 392 g/mol. The molecular weight excluding hydrogens is 368 g/mol. The van der Waals surface area contributed by atoms with Gasteiger partial charge in [0.15, 0.2) is 0 Å². The summed E-state index contributed by atoms with van der Waals surface area (Å²) in [7, 11) is 0. The minimum absolute atomic E-state index is 0. The molecule has 4 heterocycles. The fraction of sp³-hybridized carbons (Fsp3) is 0.250. The van der Waals surface area contributed by atoms with Gasteiger partial charge < -0.3 is 0 Å². The van der Waals surface area contributed by atoms with E-state index in [1.165, 1.54) is 0 Å². The number of aromatic amines is 4. The van der Waals surface area contributed by atoms with Crippen LogP contribution in [0.25, 0.3) is 0 Å². The van der Waals surface area contributed by atoms with Gasteiger partial charge in [-0.05, 0) is 52.0 Å². The quantitative estimate of drug-likeness (QED) is 0.345. The Morgan fingerprint density at radius 3 is 0.720 bits per heavy atom. The van der Waals surface area contributed by atoms with Crippen LogP contribution in [-0.2, 0) is 17.1 Å². The summed E-state index contributed by atoms with van der Waals surface area (Å²) in [6.45, 7) is 7.76.